The van der Waals surface area contributed by atoms with E-state index in [1.54, 1.807) is 16.4 Å². The quantitative estimate of drug-likeness (QED) is 0.0750. The second-order valence-corrected chi connectivity index (χ2v) is 11.8. The molecule has 1 fully saturated rings. The number of hydroxylamine groups is 1. The maximum absolute atomic E-state index is 12.4. The number of aromatic nitrogens is 2. The number of nitrogens with zero attached hydrogens (tertiary/aromatic N) is 2. The number of nitrogens with one attached hydrogen (secondary N) is 2. The molecule has 0 saturated carbocycles. The van der Waals surface area contributed by atoms with Crippen molar-refractivity contribution in [2.75, 3.05) is 0 Å². The number of ether oxygens (including phenoxy) is 2. The second kappa shape index (κ2) is 16.2. The summed E-state index contributed by atoms with van der Waals surface area (Å²) in [5.74, 6) is -0.560. The molecule has 4 N–H and O–H groups in total. The van der Waals surface area contributed by atoms with Crippen molar-refractivity contribution in [3.63, 3.8) is 0 Å². The van der Waals surface area contributed by atoms with Gasteiger partial charge in [-0.1, -0.05) is 96.0 Å². The van der Waals surface area contributed by atoms with Crippen LogP contribution in [0.4, 0.5) is 0 Å². The van der Waals surface area contributed by atoms with Gasteiger partial charge in [0.25, 0.3) is 0 Å². The molecule has 0 unspecified atom stereocenters. The third-order valence-electron chi connectivity index (χ3n) is 7.92. The number of halogens is 2. The van der Waals surface area contributed by atoms with Crippen LogP contribution in [0.5, 0.6) is 0 Å². The molecule has 1 aliphatic rings. The highest BCUT2D eigenvalue weighted by Crippen LogP contribution is 2.39. The molecule has 5 rings (SSSR count). The minimum atomic E-state index is -0.647. The van der Waals surface area contributed by atoms with Crippen LogP contribution in [0.25, 0.3) is 11.1 Å². The summed E-state index contributed by atoms with van der Waals surface area (Å²) < 4.78 is 14.7. The SMILES string of the molecule is O=C(CCCCC(=O)NCc1ccccc1-c1ccc([C@H]2O[C@@H](Cn3cnc(Cl)c3Cl)C[C@@H](c3ccc(CO)cc3)O2)cc1)NO. The first-order valence-corrected chi connectivity index (χ1v) is 15.8. The fourth-order valence-electron chi connectivity index (χ4n) is 5.41. The molecule has 242 valence electrons. The number of carbonyl (C=O) groups is 2. The summed E-state index contributed by atoms with van der Waals surface area (Å²) in [6, 6.07) is 23.6. The van der Waals surface area contributed by atoms with Gasteiger partial charge in [-0.15, -0.1) is 0 Å². The van der Waals surface area contributed by atoms with Crippen LogP contribution in [0.3, 0.4) is 0 Å². The van der Waals surface area contributed by atoms with Crippen LogP contribution >= 0.6 is 23.2 Å². The molecule has 46 heavy (non-hydrogen) atoms. The fourth-order valence-corrected chi connectivity index (χ4v) is 5.72. The van der Waals surface area contributed by atoms with Gasteiger partial charge in [-0.25, -0.2) is 10.5 Å². The predicted molar refractivity (Wildman–Crippen MR) is 173 cm³/mol. The Labute approximate surface area is 277 Å². The van der Waals surface area contributed by atoms with Gasteiger partial charge in [0.1, 0.15) is 5.15 Å². The Morgan fingerprint density at radius 3 is 2.28 bits per heavy atom. The summed E-state index contributed by atoms with van der Waals surface area (Å²) in [4.78, 5) is 27.6. The van der Waals surface area contributed by atoms with Gasteiger partial charge in [0.2, 0.25) is 11.8 Å². The monoisotopic (exact) mass is 666 g/mol. The zero-order valence-corrected chi connectivity index (χ0v) is 26.6. The molecule has 10 nitrogen and oxygen atoms in total. The van der Waals surface area contributed by atoms with E-state index in [-0.39, 0.29) is 36.3 Å². The summed E-state index contributed by atoms with van der Waals surface area (Å²) >= 11 is 12.4. The summed E-state index contributed by atoms with van der Waals surface area (Å²) in [6.07, 6.45) is 2.55. The summed E-state index contributed by atoms with van der Waals surface area (Å²) in [7, 11) is 0. The van der Waals surface area contributed by atoms with E-state index < -0.39 is 12.2 Å². The van der Waals surface area contributed by atoms with Crippen LogP contribution in [0.2, 0.25) is 10.3 Å². The molecule has 4 aromatic rings. The lowest BCUT2D eigenvalue weighted by atomic mass is 9.97. The van der Waals surface area contributed by atoms with Gasteiger partial charge in [0.15, 0.2) is 11.4 Å². The Bertz CT molecular complexity index is 1610. The van der Waals surface area contributed by atoms with Crippen LogP contribution in [0.1, 0.15) is 66.8 Å². The number of amides is 2. The number of unbranched alkanes of at least 4 members (excludes halogenated alkanes) is 1. The van der Waals surface area contributed by atoms with Gasteiger partial charge < -0.3 is 24.5 Å². The van der Waals surface area contributed by atoms with E-state index in [4.69, 9.17) is 37.9 Å². The molecule has 0 bridgehead atoms. The van der Waals surface area contributed by atoms with Crippen molar-refractivity contribution in [3.05, 3.63) is 112 Å². The van der Waals surface area contributed by atoms with Gasteiger partial charge in [0.05, 0.1) is 31.7 Å². The fraction of sp³-hybridized carbons (Fsp3) is 0.324. The molecule has 0 aliphatic carbocycles. The Morgan fingerprint density at radius 2 is 1.61 bits per heavy atom. The first kappa shape index (κ1) is 33.6. The Morgan fingerprint density at radius 1 is 0.913 bits per heavy atom. The van der Waals surface area contributed by atoms with E-state index in [1.165, 1.54) is 0 Å². The molecule has 1 saturated heterocycles. The minimum absolute atomic E-state index is 0.0324. The largest absolute Gasteiger partial charge is 0.392 e. The maximum Gasteiger partial charge on any atom is 0.243 e. The average molecular weight is 668 g/mol. The van der Waals surface area contributed by atoms with E-state index in [2.05, 4.69) is 10.3 Å². The molecule has 0 radical (unpaired) electrons. The zero-order valence-electron chi connectivity index (χ0n) is 25.1. The molecule has 12 heteroatoms. The molecule has 3 atom stereocenters. The number of hydrogen-bond acceptors (Lipinski definition) is 7. The van der Waals surface area contributed by atoms with Gasteiger partial charge in [-0.2, -0.15) is 0 Å². The van der Waals surface area contributed by atoms with Crippen molar-refractivity contribution >= 4 is 35.0 Å². The molecule has 0 spiro atoms. The van der Waals surface area contributed by atoms with Gasteiger partial charge in [0, 0.05) is 31.4 Å². The highest BCUT2D eigenvalue weighted by molar-refractivity contribution is 6.40. The van der Waals surface area contributed by atoms with Gasteiger partial charge >= 0.3 is 0 Å². The molecule has 2 amide bonds. The first-order valence-electron chi connectivity index (χ1n) is 15.1. The Kier molecular flexibility index (Phi) is 11.8. The standard InChI is InChI=1S/C34H36Cl2N4O6/c35-32-33(36)40(21-38-32)19-27-17-29(24-11-9-22(20-41)10-12-24)46-34(45-27)25-15-13-23(14-16-25)28-6-2-1-5-26(28)18-37-30(42)7-3-4-8-31(43)39-44/h1-2,5-6,9-16,21,27,29,34,41,44H,3-4,7-8,17-20H2,(H,37,42)(H,39,43)/t27-,29+,34+/m1/s1. The van der Waals surface area contributed by atoms with E-state index in [1.807, 2.05) is 72.8 Å². The van der Waals surface area contributed by atoms with Crippen LogP contribution in [-0.4, -0.2) is 37.8 Å². The normalized spacial score (nSPS) is 17.9. The molecular formula is C34H36Cl2N4O6. The lowest BCUT2D eigenvalue weighted by molar-refractivity contribution is -0.252. The summed E-state index contributed by atoms with van der Waals surface area (Å²) in [5, 5.41) is 21.6. The van der Waals surface area contributed by atoms with Crippen molar-refractivity contribution in [2.45, 2.75) is 70.3 Å². The van der Waals surface area contributed by atoms with E-state index in [0.29, 0.717) is 43.9 Å². The number of imidazole rings is 1. The first-order chi connectivity index (χ1) is 22.3. The smallest absolute Gasteiger partial charge is 0.243 e. The Balaban J connectivity index is 1.28. The van der Waals surface area contributed by atoms with Crippen molar-refractivity contribution < 1.29 is 29.4 Å². The predicted octanol–water partition coefficient (Wildman–Crippen LogP) is 6.28. The van der Waals surface area contributed by atoms with Crippen LogP contribution in [0.15, 0.2) is 79.1 Å². The lowest BCUT2D eigenvalue weighted by Gasteiger charge is -2.36. The number of carbonyl (C=O) groups excluding carboxylic acids is 2. The van der Waals surface area contributed by atoms with Crippen LogP contribution in [-0.2, 0) is 38.8 Å². The highest BCUT2D eigenvalue weighted by atomic mass is 35.5. The third-order valence-corrected chi connectivity index (χ3v) is 8.69. The minimum Gasteiger partial charge on any atom is -0.392 e. The van der Waals surface area contributed by atoms with Crippen molar-refractivity contribution in [1.29, 1.82) is 0 Å². The Hall–Kier alpha value is -3.77. The van der Waals surface area contributed by atoms with Crippen LogP contribution in [0, 0.1) is 0 Å². The molecule has 1 aliphatic heterocycles. The van der Waals surface area contributed by atoms with Crippen LogP contribution < -0.4 is 10.8 Å². The number of hydrogen-bond donors (Lipinski definition) is 4. The molecule has 2 heterocycles. The van der Waals surface area contributed by atoms with Crippen molar-refractivity contribution in [2.24, 2.45) is 0 Å². The maximum atomic E-state index is 12.4. The van der Waals surface area contributed by atoms with Crippen molar-refractivity contribution in [3.8, 4) is 11.1 Å². The number of aliphatic hydroxyl groups excluding tert-OH is 1. The van der Waals surface area contributed by atoms with E-state index in [9.17, 15) is 14.7 Å². The topological polar surface area (TPSA) is 135 Å². The van der Waals surface area contributed by atoms with E-state index in [0.717, 1.165) is 33.4 Å². The summed E-state index contributed by atoms with van der Waals surface area (Å²) in [6.45, 7) is 0.774. The number of rotatable bonds is 13. The zero-order chi connectivity index (χ0) is 32.5. The van der Waals surface area contributed by atoms with Gasteiger partial charge in [-0.3, -0.25) is 14.8 Å². The average Bonchev–Trinajstić information content (AvgIpc) is 3.41. The lowest BCUT2D eigenvalue weighted by Crippen LogP contribution is -2.32. The molecule has 3 aromatic carbocycles. The third kappa shape index (κ3) is 8.73. The molecule has 1 aromatic heterocycles. The number of aliphatic hydroxyl groups is 1. The van der Waals surface area contributed by atoms with Gasteiger partial charge in [-0.05, 0) is 40.7 Å². The summed E-state index contributed by atoms with van der Waals surface area (Å²) in [5.41, 5.74) is 7.19. The molecular weight excluding hydrogens is 631 g/mol. The number of benzene rings is 3. The van der Waals surface area contributed by atoms with E-state index >= 15 is 0 Å². The highest BCUT2D eigenvalue weighted by Gasteiger charge is 2.33. The second-order valence-electron chi connectivity index (χ2n) is 11.1. The van der Waals surface area contributed by atoms with Crippen molar-refractivity contribution in [1.82, 2.24) is 20.3 Å².